The summed E-state index contributed by atoms with van der Waals surface area (Å²) in [5.74, 6) is 0.769. The van der Waals surface area contributed by atoms with Gasteiger partial charge in [0.05, 0.1) is 11.6 Å². The molecule has 18 heavy (non-hydrogen) atoms. The van der Waals surface area contributed by atoms with Crippen LogP contribution in [0.25, 0.3) is 22.3 Å². The van der Waals surface area contributed by atoms with E-state index in [1.807, 2.05) is 24.3 Å². The van der Waals surface area contributed by atoms with E-state index in [9.17, 15) is 5.26 Å². The number of rotatable bonds is 0. The quantitative estimate of drug-likeness (QED) is 0.624. The number of aromatic nitrogens is 1. The average Bonchev–Trinajstić information content (AvgIpc) is 2.55. The number of fused-ring (bicyclic) bond motifs is 4. The highest BCUT2D eigenvalue weighted by Gasteiger charge is 2.26. The van der Waals surface area contributed by atoms with Crippen LogP contribution in [0, 0.1) is 11.3 Å². The van der Waals surface area contributed by atoms with E-state index in [1.165, 1.54) is 0 Å². The van der Waals surface area contributed by atoms with Gasteiger partial charge in [-0.2, -0.15) is 5.26 Å². The lowest BCUT2D eigenvalue weighted by Gasteiger charge is -2.21. The molecule has 86 valence electrons. The van der Waals surface area contributed by atoms with Crippen molar-refractivity contribution < 1.29 is 0 Å². The van der Waals surface area contributed by atoms with E-state index in [4.69, 9.17) is 11.5 Å². The molecule has 4 nitrogen and oxygen atoms in total. The van der Waals surface area contributed by atoms with Crippen LogP contribution < -0.4 is 11.5 Å². The van der Waals surface area contributed by atoms with Crippen LogP contribution in [0.15, 0.2) is 36.4 Å². The van der Waals surface area contributed by atoms with Crippen molar-refractivity contribution in [1.82, 2.24) is 4.98 Å². The molecular formula is C14H10N4. The van der Waals surface area contributed by atoms with Gasteiger partial charge in [0.1, 0.15) is 11.6 Å². The maximum atomic E-state index is 9.18. The van der Waals surface area contributed by atoms with Crippen molar-refractivity contribution in [3.8, 4) is 28.3 Å². The number of hydrogen-bond acceptors (Lipinski definition) is 4. The molecule has 0 radical (unpaired) electrons. The van der Waals surface area contributed by atoms with Gasteiger partial charge in [-0.05, 0) is 29.3 Å². The lowest BCUT2D eigenvalue weighted by atomic mass is 9.81. The van der Waals surface area contributed by atoms with Crippen molar-refractivity contribution in [2.75, 3.05) is 11.5 Å². The van der Waals surface area contributed by atoms with E-state index in [2.05, 4.69) is 11.1 Å². The van der Waals surface area contributed by atoms with Crippen molar-refractivity contribution in [3.05, 3.63) is 42.0 Å². The topological polar surface area (TPSA) is 88.7 Å². The molecule has 4 heteroatoms. The zero-order valence-corrected chi connectivity index (χ0v) is 9.51. The zero-order valence-electron chi connectivity index (χ0n) is 9.51. The van der Waals surface area contributed by atoms with Crippen LogP contribution in [0.5, 0.6) is 0 Å². The number of nitrogen functional groups attached to an aromatic ring is 2. The van der Waals surface area contributed by atoms with Gasteiger partial charge < -0.3 is 11.5 Å². The Bertz CT molecular complexity index is 727. The van der Waals surface area contributed by atoms with Crippen molar-refractivity contribution in [2.24, 2.45) is 0 Å². The fourth-order valence-corrected chi connectivity index (χ4v) is 2.26. The van der Waals surface area contributed by atoms with Crippen molar-refractivity contribution in [1.29, 1.82) is 5.26 Å². The minimum absolute atomic E-state index is 0.371. The van der Waals surface area contributed by atoms with Gasteiger partial charge in [0.15, 0.2) is 0 Å². The molecule has 3 aliphatic rings. The summed E-state index contributed by atoms with van der Waals surface area (Å²) in [4.78, 5) is 4.10. The molecule has 0 aromatic heterocycles. The summed E-state index contributed by atoms with van der Waals surface area (Å²) in [6, 6.07) is 13.2. The van der Waals surface area contributed by atoms with E-state index < -0.39 is 0 Å². The molecule has 0 aromatic rings. The highest BCUT2D eigenvalue weighted by Crippen LogP contribution is 2.49. The van der Waals surface area contributed by atoms with Gasteiger partial charge in [-0.1, -0.05) is 18.2 Å². The minimum Gasteiger partial charge on any atom is -0.384 e. The Kier molecular flexibility index (Phi) is 2.07. The van der Waals surface area contributed by atoms with Crippen LogP contribution in [0.1, 0.15) is 5.56 Å². The zero-order chi connectivity index (χ0) is 12.7. The van der Waals surface area contributed by atoms with Gasteiger partial charge in [0.2, 0.25) is 0 Å². The molecule has 3 rings (SSSR count). The van der Waals surface area contributed by atoms with Crippen LogP contribution >= 0.6 is 0 Å². The Morgan fingerprint density at radius 2 is 1.67 bits per heavy atom. The molecule has 4 N–H and O–H groups in total. The Morgan fingerprint density at radius 1 is 0.944 bits per heavy atom. The summed E-state index contributed by atoms with van der Waals surface area (Å²) in [6.07, 6.45) is 0. The fraction of sp³-hybridized carbons (Fsp3) is 0. The van der Waals surface area contributed by atoms with Crippen LogP contribution in [0.3, 0.4) is 0 Å². The predicted molar refractivity (Wildman–Crippen MR) is 71.0 cm³/mol. The molecule has 0 bridgehead atoms. The summed E-state index contributed by atoms with van der Waals surface area (Å²) < 4.78 is 0. The molecule has 0 aromatic carbocycles. The Hall–Kier alpha value is -2.80. The second-order valence-corrected chi connectivity index (χ2v) is 4.08. The van der Waals surface area contributed by atoms with Crippen LogP contribution in [-0.2, 0) is 0 Å². The van der Waals surface area contributed by atoms with Gasteiger partial charge in [-0.25, -0.2) is 4.98 Å². The molecule has 2 aliphatic carbocycles. The van der Waals surface area contributed by atoms with Crippen LogP contribution in [0.4, 0.5) is 11.6 Å². The minimum atomic E-state index is 0.371. The third-order valence-electron chi connectivity index (χ3n) is 3.03. The van der Waals surface area contributed by atoms with Crippen molar-refractivity contribution in [3.63, 3.8) is 0 Å². The molecule has 0 fully saturated rings. The molecule has 0 atom stereocenters. The van der Waals surface area contributed by atoms with Crippen molar-refractivity contribution in [2.45, 2.75) is 0 Å². The van der Waals surface area contributed by atoms with Gasteiger partial charge in [0, 0.05) is 11.1 Å². The first-order valence-corrected chi connectivity index (χ1v) is 5.49. The Balaban J connectivity index is 2.47. The van der Waals surface area contributed by atoms with Gasteiger partial charge in [-0.15, -0.1) is 0 Å². The van der Waals surface area contributed by atoms with E-state index >= 15 is 0 Å². The first-order chi connectivity index (χ1) is 8.72. The summed E-state index contributed by atoms with van der Waals surface area (Å²) in [7, 11) is 0. The first-order valence-electron chi connectivity index (χ1n) is 5.49. The Labute approximate surface area is 104 Å². The average molecular weight is 234 g/mol. The summed E-state index contributed by atoms with van der Waals surface area (Å²) in [5, 5.41) is 9.18. The van der Waals surface area contributed by atoms with E-state index in [0.29, 0.717) is 17.2 Å². The highest BCUT2D eigenvalue weighted by molar-refractivity contribution is 6.07. The van der Waals surface area contributed by atoms with E-state index in [1.54, 1.807) is 12.1 Å². The van der Waals surface area contributed by atoms with Gasteiger partial charge >= 0.3 is 0 Å². The van der Waals surface area contributed by atoms with E-state index in [0.717, 1.165) is 22.3 Å². The lowest BCUT2D eigenvalue weighted by molar-refractivity contribution is 1.37. The molecule has 0 spiro atoms. The first kappa shape index (κ1) is 10.4. The number of nitrogens with zero attached hydrogens (tertiary/aromatic N) is 2. The summed E-state index contributed by atoms with van der Waals surface area (Å²) >= 11 is 0. The molecule has 0 saturated carbocycles. The summed E-state index contributed by atoms with van der Waals surface area (Å²) in [6.45, 7) is 0. The van der Waals surface area contributed by atoms with Crippen molar-refractivity contribution >= 4 is 11.6 Å². The molecule has 0 amide bonds. The van der Waals surface area contributed by atoms with Gasteiger partial charge in [0.25, 0.3) is 0 Å². The van der Waals surface area contributed by atoms with Gasteiger partial charge in [-0.3, -0.25) is 0 Å². The second-order valence-electron chi connectivity index (χ2n) is 4.08. The summed E-state index contributed by atoms with van der Waals surface area (Å²) in [5.41, 5.74) is 15.9. The highest BCUT2D eigenvalue weighted by atomic mass is 14.9. The third kappa shape index (κ3) is 1.28. The standard InChI is InChI=1S/C14H10N4/c15-7-8-3-1-2-4-9-12(8)10-5-6-11(16)18-14(17)13(9)10/h1-6H,(H4,16,17,18). The monoisotopic (exact) mass is 234 g/mol. The molecule has 1 aliphatic heterocycles. The lowest BCUT2D eigenvalue weighted by Crippen LogP contribution is -2.02. The molecule has 0 saturated heterocycles. The third-order valence-corrected chi connectivity index (χ3v) is 3.03. The molecule has 1 heterocycles. The largest absolute Gasteiger partial charge is 0.384 e. The number of nitrogens with two attached hydrogens (primary N) is 2. The van der Waals surface area contributed by atoms with E-state index in [-0.39, 0.29) is 0 Å². The normalized spacial score (nSPS) is 10.6. The van der Waals surface area contributed by atoms with Crippen LogP contribution in [-0.4, -0.2) is 4.98 Å². The number of anilines is 2. The fourth-order valence-electron chi connectivity index (χ4n) is 2.26. The second kappa shape index (κ2) is 3.60. The Morgan fingerprint density at radius 3 is 2.44 bits per heavy atom. The molecular weight excluding hydrogens is 224 g/mol. The number of nitriles is 1. The SMILES string of the molecule is N#Cc1ccccc2c3c(N)nc(N)ccc-3c1-2. The predicted octanol–water partition coefficient (Wildman–Crippen LogP) is 2.33. The molecule has 0 unspecified atom stereocenters. The smallest absolute Gasteiger partial charge is 0.134 e. The maximum absolute atomic E-state index is 9.18. The number of hydrogen-bond donors (Lipinski definition) is 2. The maximum Gasteiger partial charge on any atom is 0.134 e. The van der Waals surface area contributed by atoms with Crippen LogP contribution in [0.2, 0.25) is 0 Å².